The summed E-state index contributed by atoms with van der Waals surface area (Å²) in [5.74, 6) is 0.334. The predicted octanol–water partition coefficient (Wildman–Crippen LogP) is 5.63. The van der Waals surface area contributed by atoms with E-state index in [4.69, 9.17) is 11.6 Å². The van der Waals surface area contributed by atoms with Crippen LogP contribution < -0.4 is 0 Å². The molecule has 0 N–H and O–H groups in total. The van der Waals surface area contributed by atoms with E-state index in [2.05, 4.69) is 13.8 Å². The Kier molecular flexibility index (Phi) is 5.97. The smallest absolute Gasteiger partial charge is 0.126 e. The first kappa shape index (κ1) is 14.5. The molecule has 0 spiro atoms. The minimum atomic E-state index is -0.153. The summed E-state index contributed by atoms with van der Waals surface area (Å²) in [6, 6.07) is 5.21. The van der Waals surface area contributed by atoms with Crippen LogP contribution in [0.2, 0.25) is 0 Å². The van der Waals surface area contributed by atoms with Crippen molar-refractivity contribution in [1.29, 1.82) is 0 Å². The van der Waals surface area contributed by atoms with Crippen LogP contribution in [0.1, 0.15) is 56.0 Å². The van der Waals surface area contributed by atoms with Gasteiger partial charge in [0.15, 0.2) is 0 Å². The maximum absolute atomic E-state index is 13.2. The molecule has 1 aromatic rings. The van der Waals surface area contributed by atoms with Crippen LogP contribution in [0.3, 0.4) is 0 Å². The SMILES string of the molecule is CCCCC(CC)C(Cl)c1ccc(F)c(C)c1. The van der Waals surface area contributed by atoms with Gasteiger partial charge in [-0.15, -0.1) is 11.6 Å². The first-order valence-electron chi connectivity index (χ1n) is 6.50. The van der Waals surface area contributed by atoms with Crippen LogP contribution in [0.5, 0.6) is 0 Å². The molecule has 96 valence electrons. The molecule has 0 radical (unpaired) electrons. The van der Waals surface area contributed by atoms with Gasteiger partial charge in [0.25, 0.3) is 0 Å². The highest BCUT2D eigenvalue weighted by Crippen LogP contribution is 2.35. The number of rotatable bonds is 6. The van der Waals surface area contributed by atoms with Crippen LogP contribution in [-0.4, -0.2) is 0 Å². The molecule has 0 saturated carbocycles. The summed E-state index contributed by atoms with van der Waals surface area (Å²) < 4.78 is 13.2. The predicted molar refractivity (Wildman–Crippen MR) is 73.0 cm³/mol. The van der Waals surface area contributed by atoms with Crippen molar-refractivity contribution in [1.82, 2.24) is 0 Å². The Morgan fingerprint density at radius 3 is 2.53 bits per heavy atom. The summed E-state index contributed by atoms with van der Waals surface area (Å²) in [7, 11) is 0. The largest absolute Gasteiger partial charge is 0.207 e. The highest BCUT2D eigenvalue weighted by atomic mass is 35.5. The van der Waals surface area contributed by atoms with E-state index in [0.29, 0.717) is 11.5 Å². The van der Waals surface area contributed by atoms with E-state index in [1.54, 1.807) is 6.92 Å². The molecule has 0 aliphatic heterocycles. The van der Waals surface area contributed by atoms with E-state index in [1.165, 1.54) is 18.9 Å². The van der Waals surface area contributed by atoms with E-state index >= 15 is 0 Å². The number of unbranched alkanes of at least 4 members (excludes halogenated alkanes) is 1. The summed E-state index contributed by atoms with van der Waals surface area (Å²) in [4.78, 5) is 0. The Hall–Kier alpha value is -0.560. The van der Waals surface area contributed by atoms with Crippen molar-refractivity contribution < 1.29 is 4.39 Å². The molecule has 0 bridgehead atoms. The van der Waals surface area contributed by atoms with Gasteiger partial charge in [0.2, 0.25) is 0 Å². The zero-order valence-corrected chi connectivity index (χ0v) is 11.7. The number of hydrogen-bond acceptors (Lipinski definition) is 0. The minimum Gasteiger partial charge on any atom is -0.207 e. The summed E-state index contributed by atoms with van der Waals surface area (Å²) in [6.07, 6.45) is 4.63. The van der Waals surface area contributed by atoms with Gasteiger partial charge in [-0.05, 0) is 36.5 Å². The number of halogens is 2. The van der Waals surface area contributed by atoms with Crippen molar-refractivity contribution in [3.05, 3.63) is 35.1 Å². The third-order valence-corrected chi connectivity index (χ3v) is 3.98. The highest BCUT2D eigenvalue weighted by Gasteiger charge is 2.19. The average molecular weight is 257 g/mol. The van der Waals surface area contributed by atoms with Gasteiger partial charge in [-0.1, -0.05) is 45.2 Å². The van der Waals surface area contributed by atoms with Crippen molar-refractivity contribution in [3.8, 4) is 0 Å². The fourth-order valence-electron chi connectivity index (χ4n) is 2.14. The van der Waals surface area contributed by atoms with E-state index in [-0.39, 0.29) is 11.2 Å². The van der Waals surface area contributed by atoms with Gasteiger partial charge >= 0.3 is 0 Å². The molecule has 17 heavy (non-hydrogen) atoms. The molecule has 0 aliphatic carbocycles. The van der Waals surface area contributed by atoms with Crippen LogP contribution in [-0.2, 0) is 0 Å². The van der Waals surface area contributed by atoms with Crippen LogP contribution in [0.25, 0.3) is 0 Å². The Labute approximate surface area is 109 Å². The number of hydrogen-bond donors (Lipinski definition) is 0. The van der Waals surface area contributed by atoms with Crippen LogP contribution in [0, 0.1) is 18.7 Å². The molecule has 0 heterocycles. The highest BCUT2D eigenvalue weighted by molar-refractivity contribution is 6.21. The van der Waals surface area contributed by atoms with E-state index < -0.39 is 0 Å². The normalized spacial score (nSPS) is 14.6. The Bertz CT molecular complexity index is 349. The Morgan fingerprint density at radius 1 is 1.29 bits per heavy atom. The fourth-order valence-corrected chi connectivity index (χ4v) is 2.58. The number of alkyl halides is 1. The van der Waals surface area contributed by atoms with Gasteiger partial charge in [-0.3, -0.25) is 0 Å². The molecule has 0 aromatic heterocycles. The third kappa shape index (κ3) is 3.99. The molecular formula is C15H22ClF. The minimum absolute atomic E-state index is 0.00542. The lowest BCUT2D eigenvalue weighted by atomic mass is 9.91. The van der Waals surface area contributed by atoms with Gasteiger partial charge in [0.05, 0.1) is 5.38 Å². The molecule has 2 atom stereocenters. The molecule has 0 nitrogen and oxygen atoms in total. The zero-order chi connectivity index (χ0) is 12.8. The Morgan fingerprint density at radius 2 is 2.00 bits per heavy atom. The second-order valence-electron chi connectivity index (χ2n) is 4.72. The van der Waals surface area contributed by atoms with Crippen LogP contribution >= 0.6 is 11.6 Å². The van der Waals surface area contributed by atoms with Crippen molar-refractivity contribution >= 4 is 11.6 Å². The zero-order valence-electron chi connectivity index (χ0n) is 11.0. The van der Waals surface area contributed by atoms with Crippen LogP contribution in [0.4, 0.5) is 4.39 Å². The monoisotopic (exact) mass is 256 g/mol. The van der Waals surface area contributed by atoms with E-state index in [9.17, 15) is 4.39 Å². The molecule has 2 unspecified atom stereocenters. The van der Waals surface area contributed by atoms with Gasteiger partial charge in [0.1, 0.15) is 5.82 Å². The van der Waals surface area contributed by atoms with Crippen molar-refractivity contribution in [2.75, 3.05) is 0 Å². The standard InChI is InChI=1S/C15H22ClF/c1-4-6-7-12(5-2)15(16)13-8-9-14(17)11(3)10-13/h8-10,12,15H,4-7H2,1-3H3. The van der Waals surface area contributed by atoms with Crippen molar-refractivity contribution in [2.45, 2.75) is 51.8 Å². The lowest BCUT2D eigenvalue weighted by Gasteiger charge is -2.21. The molecular weight excluding hydrogens is 235 g/mol. The molecule has 1 aromatic carbocycles. The van der Waals surface area contributed by atoms with Gasteiger partial charge in [-0.25, -0.2) is 4.39 Å². The second-order valence-corrected chi connectivity index (χ2v) is 5.19. The van der Waals surface area contributed by atoms with Gasteiger partial charge < -0.3 is 0 Å². The summed E-state index contributed by atoms with van der Waals surface area (Å²) in [6.45, 7) is 6.15. The van der Waals surface area contributed by atoms with Crippen molar-refractivity contribution in [3.63, 3.8) is 0 Å². The van der Waals surface area contributed by atoms with E-state index in [1.807, 2.05) is 12.1 Å². The lowest BCUT2D eigenvalue weighted by Crippen LogP contribution is -2.07. The topological polar surface area (TPSA) is 0 Å². The maximum Gasteiger partial charge on any atom is 0.126 e. The van der Waals surface area contributed by atoms with Crippen LogP contribution in [0.15, 0.2) is 18.2 Å². The maximum atomic E-state index is 13.2. The first-order chi connectivity index (χ1) is 8.10. The molecule has 2 heteroatoms. The fraction of sp³-hybridized carbons (Fsp3) is 0.600. The molecule has 1 rings (SSSR count). The van der Waals surface area contributed by atoms with Gasteiger partial charge in [-0.2, -0.15) is 0 Å². The van der Waals surface area contributed by atoms with Gasteiger partial charge in [0, 0.05) is 0 Å². The summed E-state index contributed by atoms with van der Waals surface area (Å²) in [5, 5.41) is 0.00542. The summed E-state index contributed by atoms with van der Waals surface area (Å²) >= 11 is 6.51. The Balaban J connectivity index is 2.78. The second kappa shape index (κ2) is 7.00. The number of benzene rings is 1. The summed E-state index contributed by atoms with van der Waals surface area (Å²) in [5.41, 5.74) is 1.73. The lowest BCUT2D eigenvalue weighted by molar-refractivity contribution is 0.436. The van der Waals surface area contributed by atoms with Crippen molar-refractivity contribution in [2.24, 2.45) is 5.92 Å². The number of aryl methyl sites for hydroxylation is 1. The average Bonchev–Trinajstić information content (AvgIpc) is 2.33. The molecule has 0 aliphatic rings. The first-order valence-corrected chi connectivity index (χ1v) is 6.93. The quantitative estimate of drug-likeness (QED) is 0.579. The molecule has 0 saturated heterocycles. The third-order valence-electron chi connectivity index (χ3n) is 3.37. The molecule has 0 fully saturated rings. The van der Waals surface area contributed by atoms with E-state index in [0.717, 1.165) is 18.4 Å². The molecule has 0 amide bonds.